The molecule has 0 aromatic heterocycles. The molecule has 0 N–H and O–H groups in total. The van der Waals surface area contributed by atoms with Gasteiger partial charge in [0.25, 0.3) is 0 Å². The Morgan fingerprint density at radius 2 is 1.70 bits per heavy atom. The van der Waals surface area contributed by atoms with E-state index in [0.717, 1.165) is 11.0 Å². The van der Waals surface area contributed by atoms with Gasteiger partial charge in [0.05, 0.1) is 0 Å². The zero-order valence-corrected chi connectivity index (χ0v) is 16.2. The molecule has 1 heterocycles. The van der Waals surface area contributed by atoms with Crippen molar-refractivity contribution in [3.8, 4) is 0 Å². The number of thioether (sulfide) groups is 3. The van der Waals surface area contributed by atoms with E-state index in [4.69, 9.17) is 0 Å². The van der Waals surface area contributed by atoms with Crippen LogP contribution in [0.4, 0.5) is 0 Å². The van der Waals surface area contributed by atoms with Crippen LogP contribution in [0.1, 0.15) is 47.0 Å². The Bertz CT molecular complexity index is 288. The first-order chi connectivity index (χ1) is 9.47. The molecular weight excluding hydrogens is 300 g/mol. The molecule has 1 saturated heterocycles. The molecule has 3 heteroatoms. The van der Waals surface area contributed by atoms with E-state index in [9.17, 15) is 0 Å². The molecule has 0 aromatic carbocycles. The van der Waals surface area contributed by atoms with Gasteiger partial charge >= 0.3 is 0 Å². The summed E-state index contributed by atoms with van der Waals surface area (Å²) in [4.78, 5) is 0. The maximum atomic E-state index is 3.83. The molecule has 1 aliphatic heterocycles. The average Bonchev–Trinajstić information content (AvgIpc) is 3.23. The molecule has 3 atom stereocenters. The molecule has 0 bridgehead atoms. The maximum absolute atomic E-state index is 3.83. The van der Waals surface area contributed by atoms with E-state index in [1.165, 1.54) is 42.3 Å². The van der Waals surface area contributed by atoms with Gasteiger partial charge in [0.15, 0.2) is 0 Å². The molecule has 20 heavy (non-hydrogen) atoms. The fourth-order valence-electron chi connectivity index (χ4n) is 2.58. The molecular formula is C17H32S3. The Kier molecular flexibility index (Phi) is 8.52. The van der Waals surface area contributed by atoms with Crippen molar-refractivity contribution in [3.63, 3.8) is 0 Å². The van der Waals surface area contributed by atoms with Gasteiger partial charge in [-0.05, 0) is 41.6 Å². The molecule has 1 rings (SSSR count). The molecule has 1 fully saturated rings. The molecule has 0 spiro atoms. The van der Waals surface area contributed by atoms with E-state index in [1.54, 1.807) is 0 Å². The summed E-state index contributed by atoms with van der Waals surface area (Å²) in [6.07, 6.45) is 5.99. The molecule has 0 amide bonds. The Morgan fingerprint density at radius 1 is 1.15 bits per heavy atom. The van der Waals surface area contributed by atoms with Gasteiger partial charge in [0.1, 0.15) is 0 Å². The topological polar surface area (TPSA) is 0 Å². The summed E-state index contributed by atoms with van der Waals surface area (Å²) in [6, 6.07) is 0. The van der Waals surface area contributed by atoms with Crippen molar-refractivity contribution in [3.05, 3.63) is 12.7 Å². The number of hydrogen-bond donors (Lipinski definition) is 0. The summed E-state index contributed by atoms with van der Waals surface area (Å²) in [5.41, 5.74) is 0.983. The lowest BCUT2D eigenvalue weighted by atomic mass is 9.72. The molecule has 0 saturated carbocycles. The maximum Gasteiger partial charge on any atom is 0.0229 e. The van der Waals surface area contributed by atoms with E-state index in [-0.39, 0.29) is 0 Å². The van der Waals surface area contributed by atoms with Crippen LogP contribution < -0.4 is 0 Å². The van der Waals surface area contributed by atoms with Crippen LogP contribution in [0.25, 0.3) is 0 Å². The predicted octanol–water partition coefficient (Wildman–Crippen LogP) is 5.98. The molecule has 0 nitrogen and oxygen atoms in total. The van der Waals surface area contributed by atoms with Crippen LogP contribution in [0.15, 0.2) is 12.7 Å². The first-order valence-electron chi connectivity index (χ1n) is 7.85. The van der Waals surface area contributed by atoms with Crippen LogP contribution in [0.2, 0.25) is 0 Å². The smallest absolute Gasteiger partial charge is 0.0229 e. The Labute approximate surface area is 139 Å². The van der Waals surface area contributed by atoms with Crippen LogP contribution in [0.5, 0.6) is 0 Å². The second-order valence-corrected chi connectivity index (χ2v) is 10.2. The van der Waals surface area contributed by atoms with E-state index >= 15 is 0 Å². The third kappa shape index (κ3) is 7.17. The van der Waals surface area contributed by atoms with E-state index < -0.39 is 0 Å². The highest BCUT2D eigenvalue weighted by Crippen LogP contribution is 2.43. The quantitative estimate of drug-likeness (QED) is 0.245. The zero-order chi connectivity index (χ0) is 15.1. The van der Waals surface area contributed by atoms with Crippen molar-refractivity contribution in [2.24, 2.45) is 10.8 Å². The SMILES string of the molecule is C=CCSCC(C)(CC)CC(C)(CC)CSCC1CS1. The second kappa shape index (κ2) is 9.05. The minimum Gasteiger partial charge on any atom is -0.160 e. The first kappa shape index (κ1) is 18.8. The van der Waals surface area contributed by atoms with E-state index in [2.05, 4.69) is 57.8 Å². The van der Waals surface area contributed by atoms with E-state index in [0.29, 0.717) is 10.8 Å². The van der Waals surface area contributed by atoms with Gasteiger partial charge in [-0.1, -0.05) is 33.8 Å². The van der Waals surface area contributed by atoms with Crippen molar-refractivity contribution in [1.82, 2.24) is 0 Å². The third-order valence-electron chi connectivity index (χ3n) is 4.40. The summed E-state index contributed by atoms with van der Waals surface area (Å²) in [5, 5.41) is 0.974. The lowest BCUT2D eigenvalue weighted by Gasteiger charge is -2.39. The largest absolute Gasteiger partial charge is 0.160 e. The molecule has 118 valence electrons. The van der Waals surface area contributed by atoms with Crippen LogP contribution in [0, 0.1) is 10.8 Å². The van der Waals surface area contributed by atoms with Crippen LogP contribution in [-0.4, -0.2) is 34.0 Å². The van der Waals surface area contributed by atoms with Gasteiger partial charge in [-0.3, -0.25) is 0 Å². The van der Waals surface area contributed by atoms with Crippen molar-refractivity contribution in [2.75, 3.05) is 28.8 Å². The third-order valence-corrected chi connectivity index (χ3v) is 8.50. The van der Waals surface area contributed by atoms with Gasteiger partial charge in [-0.15, -0.1) is 6.58 Å². The van der Waals surface area contributed by atoms with Crippen molar-refractivity contribution in [1.29, 1.82) is 0 Å². The highest BCUT2D eigenvalue weighted by molar-refractivity contribution is 8.08. The van der Waals surface area contributed by atoms with Crippen molar-refractivity contribution >= 4 is 35.3 Å². The summed E-state index contributed by atoms with van der Waals surface area (Å²) in [5.74, 6) is 6.47. The average molecular weight is 333 g/mol. The minimum absolute atomic E-state index is 0.479. The fraction of sp³-hybridized carbons (Fsp3) is 0.882. The van der Waals surface area contributed by atoms with Crippen molar-refractivity contribution < 1.29 is 0 Å². The van der Waals surface area contributed by atoms with Gasteiger partial charge in [0.2, 0.25) is 0 Å². The number of hydrogen-bond acceptors (Lipinski definition) is 3. The van der Waals surface area contributed by atoms with Crippen LogP contribution in [-0.2, 0) is 0 Å². The highest BCUT2D eigenvalue weighted by Gasteiger charge is 2.33. The fourth-order valence-corrected chi connectivity index (χ4v) is 6.03. The zero-order valence-electron chi connectivity index (χ0n) is 13.7. The Hall–Kier alpha value is 0.790. The van der Waals surface area contributed by atoms with Crippen LogP contribution in [0.3, 0.4) is 0 Å². The molecule has 1 aliphatic rings. The summed E-state index contributed by atoms with van der Waals surface area (Å²) >= 11 is 6.36. The first-order valence-corrected chi connectivity index (χ1v) is 11.2. The van der Waals surface area contributed by atoms with Crippen molar-refractivity contribution in [2.45, 2.75) is 52.2 Å². The van der Waals surface area contributed by atoms with Gasteiger partial charge in [-0.2, -0.15) is 35.3 Å². The highest BCUT2D eigenvalue weighted by atomic mass is 32.2. The summed E-state index contributed by atoms with van der Waals surface area (Å²) in [7, 11) is 0. The lowest BCUT2D eigenvalue weighted by molar-refractivity contribution is 0.192. The Morgan fingerprint density at radius 3 is 2.15 bits per heavy atom. The molecule has 0 radical (unpaired) electrons. The molecule has 0 aliphatic carbocycles. The predicted molar refractivity (Wildman–Crippen MR) is 103 cm³/mol. The van der Waals surface area contributed by atoms with Gasteiger partial charge in [0, 0.05) is 22.5 Å². The van der Waals surface area contributed by atoms with Gasteiger partial charge in [-0.25, -0.2) is 0 Å². The summed E-state index contributed by atoms with van der Waals surface area (Å²) < 4.78 is 0. The lowest BCUT2D eigenvalue weighted by Crippen LogP contribution is -2.31. The van der Waals surface area contributed by atoms with E-state index in [1.807, 2.05) is 17.8 Å². The normalized spacial score (nSPS) is 23.9. The molecule has 0 aromatic rings. The van der Waals surface area contributed by atoms with Crippen LogP contribution >= 0.6 is 35.3 Å². The second-order valence-electron chi connectivity index (χ2n) is 6.78. The monoisotopic (exact) mass is 332 g/mol. The number of rotatable bonds is 12. The Balaban J connectivity index is 2.44. The molecule has 3 unspecified atom stereocenters. The van der Waals surface area contributed by atoms with Gasteiger partial charge < -0.3 is 0 Å². The minimum atomic E-state index is 0.479. The summed E-state index contributed by atoms with van der Waals surface area (Å²) in [6.45, 7) is 13.6. The standard InChI is InChI=1S/C17H32S3/c1-6-9-18-13-16(4,7-2)12-17(5,8-3)14-19-10-15-11-20-15/h6,15H,1,7-14H2,2-5H3.